The number of carbonyl (C=O) groups excluding carboxylic acids is 1. The Bertz CT molecular complexity index is 487. The molecule has 0 aromatic heterocycles. The van der Waals surface area contributed by atoms with E-state index < -0.39 is 5.97 Å². The summed E-state index contributed by atoms with van der Waals surface area (Å²) >= 11 is 0. The number of carbonyl (C=O) groups is 2. The number of aliphatic carboxylic acids is 1. The van der Waals surface area contributed by atoms with Crippen molar-refractivity contribution in [1.29, 1.82) is 0 Å². The summed E-state index contributed by atoms with van der Waals surface area (Å²) in [6, 6.07) is 7.32. The van der Waals surface area contributed by atoms with Crippen LogP contribution >= 0.6 is 0 Å². The van der Waals surface area contributed by atoms with Crippen molar-refractivity contribution in [1.82, 2.24) is 5.32 Å². The van der Waals surface area contributed by atoms with E-state index in [2.05, 4.69) is 17.6 Å². The fourth-order valence-corrected chi connectivity index (χ4v) is 1.95. The molecule has 0 radical (unpaired) electrons. The van der Waals surface area contributed by atoms with E-state index >= 15 is 0 Å². The minimum atomic E-state index is -0.842. The monoisotopic (exact) mass is 262 g/mol. The van der Waals surface area contributed by atoms with E-state index in [0.717, 1.165) is 12.0 Å². The van der Waals surface area contributed by atoms with E-state index in [9.17, 15) is 9.59 Å². The topological polar surface area (TPSA) is 78.4 Å². The minimum absolute atomic E-state index is 0.0555. The van der Waals surface area contributed by atoms with Crippen LogP contribution in [0.1, 0.15) is 25.3 Å². The molecule has 0 bridgehead atoms. The molecule has 19 heavy (non-hydrogen) atoms. The standard InChI is InChI=1S/C14H18N2O3/c1-9-8-12(9)16-14(19)15-11-5-3-2-4-10(11)6-7-13(17)18/h2-5,9,12H,6-8H2,1H3,(H,17,18)(H2,15,16,19). The first-order chi connectivity index (χ1) is 9.06. The molecule has 2 unspecified atom stereocenters. The zero-order chi connectivity index (χ0) is 13.8. The summed E-state index contributed by atoms with van der Waals surface area (Å²) in [6.45, 7) is 2.09. The van der Waals surface area contributed by atoms with Gasteiger partial charge in [0.2, 0.25) is 0 Å². The molecule has 3 N–H and O–H groups in total. The second kappa shape index (κ2) is 5.73. The molecule has 2 amide bonds. The molecule has 1 aliphatic carbocycles. The lowest BCUT2D eigenvalue weighted by Gasteiger charge is -2.11. The molecule has 1 fully saturated rings. The van der Waals surface area contributed by atoms with Crippen LogP contribution in [-0.4, -0.2) is 23.1 Å². The molecule has 0 heterocycles. The number of carboxylic acid groups (broad SMARTS) is 1. The van der Waals surface area contributed by atoms with Gasteiger partial charge < -0.3 is 15.7 Å². The van der Waals surface area contributed by atoms with Gasteiger partial charge in [0.25, 0.3) is 0 Å². The predicted molar refractivity (Wildman–Crippen MR) is 72.1 cm³/mol. The van der Waals surface area contributed by atoms with Crippen LogP contribution in [0.3, 0.4) is 0 Å². The van der Waals surface area contributed by atoms with Gasteiger partial charge in [-0.15, -0.1) is 0 Å². The molecule has 1 aromatic carbocycles. The molecule has 0 saturated heterocycles. The lowest BCUT2D eigenvalue weighted by Crippen LogP contribution is -2.31. The second-order valence-corrected chi connectivity index (χ2v) is 4.97. The summed E-state index contributed by atoms with van der Waals surface area (Å²) in [5.74, 6) is -0.293. The van der Waals surface area contributed by atoms with E-state index in [1.165, 1.54) is 0 Å². The Morgan fingerprint density at radius 3 is 2.68 bits per heavy atom. The van der Waals surface area contributed by atoms with Crippen LogP contribution in [0.4, 0.5) is 10.5 Å². The third kappa shape index (κ3) is 3.98. The zero-order valence-corrected chi connectivity index (χ0v) is 10.8. The van der Waals surface area contributed by atoms with Crippen molar-refractivity contribution in [2.45, 2.75) is 32.2 Å². The average molecular weight is 262 g/mol. The fourth-order valence-electron chi connectivity index (χ4n) is 1.95. The number of benzene rings is 1. The first-order valence-corrected chi connectivity index (χ1v) is 6.43. The van der Waals surface area contributed by atoms with Crippen LogP contribution in [0, 0.1) is 5.92 Å². The Morgan fingerprint density at radius 1 is 1.37 bits per heavy atom. The highest BCUT2D eigenvalue weighted by atomic mass is 16.4. The lowest BCUT2D eigenvalue weighted by atomic mass is 10.1. The number of rotatable bonds is 5. The van der Waals surface area contributed by atoms with Gasteiger partial charge in [0.1, 0.15) is 0 Å². The van der Waals surface area contributed by atoms with Crippen molar-refractivity contribution >= 4 is 17.7 Å². The van der Waals surface area contributed by atoms with Gasteiger partial charge in [-0.3, -0.25) is 4.79 Å². The first-order valence-electron chi connectivity index (χ1n) is 6.43. The van der Waals surface area contributed by atoms with Gasteiger partial charge in [-0.25, -0.2) is 4.79 Å². The smallest absolute Gasteiger partial charge is 0.319 e. The molecular weight excluding hydrogens is 244 g/mol. The Morgan fingerprint density at radius 2 is 2.05 bits per heavy atom. The maximum atomic E-state index is 11.8. The third-order valence-corrected chi connectivity index (χ3v) is 3.30. The Labute approximate surface area is 112 Å². The van der Waals surface area contributed by atoms with Gasteiger partial charge in [-0.2, -0.15) is 0 Å². The van der Waals surface area contributed by atoms with Gasteiger partial charge >= 0.3 is 12.0 Å². The highest BCUT2D eigenvalue weighted by Gasteiger charge is 2.33. The SMILES string of the molecule is CC1CC1NC(=O)Nc1ccccc1CCC(=O)O. The van der Waals surface area contributed by atoms with Crippen LogP contribution < -0.4 is 10.6 Å². The molecule has 5 nitrogen and oxygen atoms in total. The maximum Gasteiger partial charge on any atom is 0.319 e. The fraction of sp³-hybridized carbons (Fsp3) is 0.429. The lowest BCUT2D eigenvalue weighted by molar-refractivity contribution is -0.136. The number of hydrogen-bond acceptors (Lipinski definition) is 2. The Balaban J connectivity index is 1.94. The number of hydrogen-bond donors (Lipinski definition) is 3. The number of para-hydroxylation sites is 1. The van der Waals surface area contributed by atoms with Gasteiger partial charge in [0, 0.05) is 18.2 Å². The summed E-state index contributed by atoms with van der Waals surface area (Å²) in [7, 11) is 0. The number of nitrogens with one attached hydrogen (secondary N) is 2. The minimum Gasteiger partial charge on any atom is -0.481 e. The van der Waals surface area contributed by atoms with Crippen LogP contribution in [0.2, 0.25) is 0 Å². The summed E-state index contributed by atoms with van der Waals surface area (Å²) in [5.41, 5.74) is 1.51. The van der Waals surface area contributed by atoms with Crippen LogP contribution in [0.15, 0.2) is 24.3 Å². The second-order valence-electron chi connectivity index (χ2n) is 4.97. The van der Waals surface area contributed by atoms with E-state index in [4.69, 9.17) is 5.11 Å². The summed E-state index contributed by atoms with van der Waals surface area (Å²) in [6.07, 6.45) is 1.49. The summed E-state index contributed by atoms with van der Waals surface area (Å²) < 4.78 is 0. The number of amides is 2. The van der Waals surface area contributed by atoms with E-state index in [1.807, 2.05) is 18.2 Å². The van der Waals surface area contributed by atoms with Crippen LogP contribution in [0.25, 0.3) is 0 Å². The molecule has 1 aliphatic rings. The molecule has 5 heteroatoms. The molecule has 0 spiro atoms. The quantitative estimate of drug-likeness (QED) is 0.761. The highest BCUT2D eigenvalue weighted by Crippen LogP contribution is 2.29. The van der Waals surface area contributed by atoms with E-state index in [-0.39, 0.29) is 18.5 Å². The first kappa shape index (κ1) is 13.4. The highest BCUT2D eigenvalue weighted by molar-refractivity contribution is 5.90. The summed E-state index contributed by atoms with van der Waals surface area (Å²) in [4.78, 5) is 22.4. The van der Waals surface area contributed by atoms with Crippen molar-refractivity contribution in [2.24, 2.45) is 5.92 Å². The number of carboxylic acids is 1. The van der Waals surface area contributed by atoms with E-state index in [0.29, 0.717) is 18.0 Å². The molecule has 0 aliphatic heterocycles. The van der Waals surface area contributed by atoms with Crippen molar-refractivity contribution in [3.63, 3.8) is 0 Å². The Kier molecular flexibility index (Phi) is 4.04. The molecule has 102 valence electrons. The maximum absolute atomic E-state index is 11.8. The van der Waals surface area contributed by atoms with Gasteiger partial charge in [-0.1, -0.05) is 25.1 Å². The zero-order valence-electron chi connectivity index (χ0n) is 10.8. The predicted octanol–water partition coefficient (Wildman–Crippen LogP) is 2.23. The molecule has 1 saturated carbocycles. The van der Waals surface area contributed by atoms with Crippen LogP contribution in [0.5, 0.6) is 0 Å². The van der Waals surface area contributed by atoms with Crippen molar-refractivity contribution in [2.75, 3.05) is 5.32 Å². The number of urea groups is 1. The largest absolute Gasteiger partial charge is 0.481 e. The van der Waals surface area contributed by atoms with Gasteiger partial charge in [-0.05, 0) is 30.4 Å². The van der Waals surface area contributed by atoms with Crippen molar-refractivity contribution in [3.8, 4) is 0 Å². The average Bonchev–Trinajstić information content (AvgIpc) is 3.03. The number of anilines is 1. The van der Waals surface area contributed by atoms with Crippen molar-refractivity contribution < 1.29 is 14.7 Å². The molecule has 1 aromatic rings. The van der Waals surface area contributed by atoms with Crippen LogP contribution in [-0.2, 0) is 11.2 Å². The summed E-state index contributed by atoms with van der Waals surface area (Å²) in [5, 5.41) is 14.4. The third-order valence-electron chi connectivity index (χ3n) is 3.30. The molecular formula is C14H18N2O3. The van der Waals surface area contributed by atoms with E-state index in [1.54, 1.807) is 6.07 Å². The number of aryl methyl sites for hydroxylation is 1. The molecule has 2 atom stereocenters. The normalized spacial score (nSPS) is 20.7. The van der Waals surface area contributed by atoms with Crippen molar-refractivity contribution in [3.05, 3.63) is 29.8 Å². The Hall–Kier alpha value is -2.04. The molecule has 2 rings (SSSR count). The van der Waals surface area contributed by atoms with Gasteiger partial charge in [0.15, 0.2) is 0 Å². The van der Waals surface area contributed by atoms with Gasteiger partial charge in [0.05, 0.1) is 0 Å².